The number of hydrogen-bond donors (Lipinski definition) is 1. The Kier molecular flexibility index (Phi) is 5.07. The first-order chi connectivity index (χ1) is 14.8. The number of quaternary nitrogens is 1. The molecule has 0 unspecified atom stereocenters. The van der Waals surface area contributed by atoms with Crippen LogP contribution in [0.2, 0.25) is 0 Å². The summed E-state index contributed by atoms with van der Waals surface area (Å²) in [5.74, 6) is 1.54. The molecule has 0 aliphatic carbocycles. The van der Waals surface area contributed by atoms with E-state index in [4.69, 9.17) is 9.97 Å². The van der Waals surface area contributed by atoms with Gasteiger partial charge in [-0.05, 0) is 30.3 Å². The number of hydrogen-bond acceptors (Lipinski definition) is 4. The maximum atomic E-state index is 14.0. The Bertz CT molecular complexity index is 1160. The highest BCUT2D eigenvalue weighted by Gasteiger charge is 2.24. The van der Waals surface area contributed by atoms with E-state index in [9.17, 15) is 4.39 Å². The highest BCUT2D eigenvalue weighted by Crippen LogP contribution is 2.27. The summed E-state index contributed by atoms with van der Waals surface area (Å²) in [5.41, 5.74) is 2.63. The lowest BCUT2D eigenvalue weighted by Crippen LogP contribution is -3.13. The van der Waals surface area contributed by atoms with Crippen molar-refractivity contribution in [3.8, 4) is 11.4 Å². The first-order valence-electron chi connectivity index (χ1n) is 10.3. The smallest absolute Gasteiger partial charge is 0.163 e. The summed E-state index contributed by atoms with van der Waals surface area (Å²) in [6.45, 7) is 4.34. The van der Waals surface area contributed by atoms with E-state index in [2.05, 4.69) is 16.0 Å². The molecule has 30 heavy (non-hydrogen) atoms. The van der Waals surface area contributed by atoms with E-state index in [0.717, 1.165) is 54.0 Å². The number of anilines is 1. The zero-order valence-electron chi connectivity index (χ0n) is 16.6. The molecule has 150 valence electrons. The number of para-hydroxylation sites is 1. The summed E-state index contributed by atoms with van der Waals surface area (Å²) in [7, 11) is 0. The van der Waals surface area contributed by atoms with Crippen LogP contribution in [0.5, 0.6) is 0 Å². The third-order valence-corrected chi connectivity index (χ3v) is 5.67. The minimum Gasteiger partial charge on any atom is -0.345 e. The molecule has 6 heteroatoms. The van der Waals surface area contributed by atoms with Gasteiger partial charge in [0.05, 0.1) is 31.7 Å². The number of nitrogens with zero attached hydrogens (tertiary/aromatic N) is 4. The van der Waals surface area contributed by atoms with E-state index in [0.29, 0.717) is 12.4 Å². The number of fused-ring (bicyclic) bond motifs is 1. The van der Waals surface area contributed by atoms with Gasteiger partial charge in [0.25, 0.3) is 0 Å². The van der Waals surface area contributed by atoms with E-state index < -0.39 is 0 Å². The standard InChI is InChI=1S/C24H22FN5/c25-21-9-3-1-6-19(21)17-29-12-14-30(15-13-29)24-20-8-2-4-10-22(20)27-23(28-24)18-7-5-11-26-16-18/h1-11,16H,12-15,17H2/p+1. The molecular weight excluding hydrogens is 377 g/mol. The van der Waals surface area contributed by atoms with E-state index >= 15 is 0 Å². The number of benzene rings is 2. The Morgan fingerprint density at radius 1 is 0.900 bits per heavy atom. The van der Waals surface area contributed by atoms with Crippen molar-refractivity contribution in [3.05, 3.63) is 84.4 Å². The molecule has 1 saturated heterocycles. The van der Waals surface area contributed by atoms with E-state index in [1.807, 2.05) is 42.5 Å². The van der Waals surface area contributed by atoms with Gasteiger partial charge in [-0.3, -0.25) is 4.98 Å². The molecular formula is C24H23FN5+. The average Bonchev–Trinajstić information content (AvgIpc) is 2.81. The topological polar surface area (TPSA) is 46.4 Å². The molecule has 5 nitrogen and oxygen atoms in total. The number of aromatic nitrogens is 3. The number of pyridine rings is 1. The van der Waals surface area contributed by atoms with Crippen LogP contribution in [0.1, 0.15) is 5.56 Å². The summed E-state index contributed by atoms with van der Waals surface area (Å²) in [4.78, 5) is 17.6. The fraction of sp³-hybridized carbons (Fsp3) is 0.208. The van der Waals surface area contributed by atoms with Gasteiger partial charge >= 0.3 is 0 Å². The first-order valence-corrected chi connectivity index (χ1v) is 10.3. The zero-order valence-corrected chi connectivity index (χ0v) is 16.6. The lowest BCUT2D eigenvalue weighted by Gasteiger charge is -2.33. The second-order valence-corrected chi connectivity index (χ2v) is 7.63. The first kappa shape index (κ1) is 18.6. The number of nitrogens with one attached hydrogen (secondary N) is 1. The van der Waals surface area contributed by atoms with E-state index in [1.165, 1.54) is 11.0 Å². The fourth-order valence-corrected chi connectivity index (χ4v) is 4.05. The van der Waals surface area contributed by atoms with Gasteiger partial charge in [-0.2, -0.15) is 0 Å². The Balaban J connectivity index is 1.41. The third-order valence-electron chi connectivity index (χ3n) is 5.67. The molecule has 2 aromatic heterocycles. The second-order valence-electron chi connectivity index (χ2n) is 7.63. The van der Waals surface area contributed by atoms with Crippen LogP contribution in [0, 0.1) is 5.82 Å². The summed E-state index contributed by atoms with van der Waals surface area (Å²) >= 11 is 0. The minimum atomic E-state index is -0.115. The van der Waals surface area contributed by atoms with Crippen LogP contribution in [0.15, 0.2) is 73.1 Å². The van der Waals surface area contributed by atoms with Crippen molar-refractivity contribution >= 4 is 16.7 Å². The maximum absolute atomic E-state index is 14.0. The Morgan fingerprint density at radius 2 is 1.70 bits per heavy atom. The predicted molar refractivity (Wildman–Crippen MR) is 116 cm³/mol. The van der Waals surface area contributed by atoms with Crippen molar-refractivity contribution in [2.45, 2.75) is 6.54 Å². The van der Waals surface area contributed by atoms with Gasteiger partial charge < -0.3 is 9.80 Å². The van der Waals surface area contributed by atoms with E-state index in [-0.39, 0.29) is 5.82 Å². The van der Waals surface area contributed by atoms with Crippen molar-refractivity contribution in [1.82, 2.24) is 15.0 Å². The van der Waals surface area contributed by atoms with Crippen LogP contribution in [-0.4, -0.2) is 41.1 Å². The summed E-state index contributed by atoms with van der Waals surface area (Å²) < 4.78 is 14.0. The molecule has 0 saturated carbocycles. The molecule has 5 rings (SSSR count). The van der Waals surface area contributed by atoms with Crippen molar-refractivity contribution < 1.29 is 9.29 Å². The Hall–Kier alpha value is -3.38. The van der Waals surface area contributed by atoms with Crippen LogP contribution in [0.4, 0.5) is 10.2 Å². The fourth-order valence-electron chi connectivity index (χ4n) is 4.05. The van der Waals surface area contributed by atoms with Crippen molar-refractivity contribution in [2.24, 2.45) is 0 Å². The van der Waals surface area contributed by atoms with Gasteiger partial charge in [-0.15, -0.1) is 0 Å². The Labute approximate surface area is 174 Å². The molecule has 4 aromatic rings. The highest BCUT2D eigenvalue weighted by atomic mass is 19.1. The van der Waals surface area contributed by atoms with Crippen LogP contribution < -0.4 is 9.80 Å². The second kappa shape index (κ2) is 8.16. The van der Waals surface area contributed by atoms with Gasteiger partial charge in [0.2, 0.25) is 0 Å². The molecule has 2 aromatic carbocycles. The van der Waals surface area contributed by atoms with Crippen molar-refractivity contribution in [1.29, 1.82) is 0 Å². The van der Waals surface area contributed by atoms with Gasteiger partial charge in [0.1, 0.15) is 18.2 Å². The Morgan fingerprint density at radius 3 is 2.50 bits per heavy atom. The quantitative estimate of drug-likeness (QED) is 0.572. The molecule has 0 radical (unpaired) electrons. The SMILES string of the molecule is Fc1ccccc1C[NH+]1CCN(c2nc(-c3cccnc3)nc3ccccc23)CC1. The highest BCUT2D eigenvalue weighted by molar-refractivity contribution is 5.91. The van der Waals surface area contributed by atoms with Crippen LogP contribution in [0.25, 0.3) is 22.3 Å². The molecule has 0 spiro atoms. The number of halogens is 1. The molecule has 0 atom stereocenters. The largest absolute Gasteiger partial charge is 0.345 e. The molecule has 0 bridgehead atoms. The van der Waals surface area contributed by atoms with Crippen LogP contribution in [0.3, 0.4) is 0 Å². The molecule has 0 amide bonds. The summed E-state index contributed by atoms with van der Waals surface area (Å²) in [6, 6.07) is 19.1. The molecule has 1 fully saturated rings. The van der Waals surface area contributed by atoms with E-state index in [1.54, 1.807) is 18.5 Å². The van der Waals surface area contributed by atoms with Gasteiger partial charge in [0, 0.05) is 28.9 Å². The van der Waals surface area contributed by atoms with Crippen LogP contribution >= 0.6 is 0 Å². The lowest BCUT2D eigenvalue weighted by molar-refractivity contribution is -0.914. The minimum absolute atomic E-state index is 0.115. The molecule has 1 aliphatic heterocycles. The molecule has 3 heterocycles. The number of rotatable bonds is 4. The van der Waals surface area contributed by atoms with Crippen LogP contribution in [-0.2, 0) is 6.54 Å². The van der Waals surface area contributed by atoms with Gasteiger partial charge in [-0.25, -0.2) is 14.4 Å². The lowest BCUT2D eigenvalue weighted by atomic mass is 10.1. The predicted octanol–water partition coefficient (Wildman–Crippen LogP) is 2.74. The summed E-state index contributed by atoms with van der Waals surface area (Å²) in [5, 5.41) is 1.06. The van der Waals surface area contributed by atoms with Crippen molar-refractivity contribution in [2.75, 3.05) is 31.1 Å². The van der Waals surface area contributed by atoms with Crippen molar-refractivity contribution in [3.63, 3.8) is 0 Å². The maximum Gasteiger partial charge on any atom is 0.163 e. The number of piperazine rings is 1. The monoisotopic (exact) mass is 400 g/mol. The average molecular weight is 400 g/mol. The summed E-state index contributed by atoms with van der Waals surface area (Å²) in [6.07, 6.45) is 3.55. The zero-order chi connectivity index (χ0) is 20.3. The molecule has 1 aliphatic rings. The third kappa shape index (κ3) is 3.74. The normalized spacial score (nSPS) is 14.9. The molecule has 1 N–H and O–H groups in total. The van der Waals surface area contributed by atoms with Gasteiger partial charge in [0.15, 0.2) is 5.82 Å². The van der Waals surface area contributed by atoms with Gasteiger partial charge in [-0.1, -0.05) is 30.3 Å².